The molecular formula is C26H27NO4. The van der Waals surface area contributed by atoms with Crippen LogP contribution >= 0.6 is 0 Å². The van der Waals surface area contributed by atoms with Gasteiger partial charge in [-0.25, -0.2) is 0 Å². The Bertz CT molecular complexity index is 1050. The Morgan fingerprint density at radius 2 is 1.52 bits per heavy atom. The summed E-state index contributed by atoms with van der Waals surface area (Å²) in [6.45, 7) is 5.49. The number of benzene rings is 3. The van der Waals surface area contributed by atoms with Crippen LogP contribution in [0.5, 0.6) is 5.75 Å². The number of aryl methyl sites for hydroxylation is 1. The van der Waals surface area contributed by atoms with Crippen molar-refractivity contribution in [1.29, 1.82) is 0 Å². The maximum atomic E-state index is 13.2. The molecule has 160 valence electrons. The lowest BCUT2D eigenvalue weighted by Crippen LogP contribution is -2.35. The minimum absolute atomic E-state index is 0.452. The summed E-state index contributed by atoms with van der Waals surface area (Å²) >= 11 is 0. The zero-order chi connectivity index (χ0) is 22.4. The third-order valence-electron chi connectivity index (χ3n) is 5.18. The van der Waals surface area contributed by atoms with Gasteiger partial charge in [-0.2, -0.15) is 0 Å². The lowest BCUT2D eigenvalue weighted by atomic mass is 9.85. The molecule has 0 aliphatic rings. The molecule has 0 saturated carbocycles. The molecule has 3 aromatic carbocycles. The molecule has 5 nitrogen and oxygen atoms in total. The van der Waals surface area contributed by atoms with Crippen molar-refractivity contribution in [2.24, 2.45) is 0 Å². The molecule has 0 aliphatic heterocycles. The number of ether oxygens (including phenoxy) is 2. The molecule has 0 bridgehead atoms. The first kappa shape index (κ1) is 22.1. The van der Waals surface area contributed by atoms with E-state index in [0.717, 1.165) is 11.1 Å². The minimum atomic E-state index is -1.11. The zero-order valence-electron chi connectivity index (χ0n) is 18.2. The van der Waals surface area contributed by atoms with Gasteiger partial charge in [-0.05, 0) is 44.0 Å². The Kier molecular flexibility index (Phi) is 6.75. The van der Waals surface area contributed by atoms with Crippen LogP contribution in [-0.4, -0.2) is 19.0 Å². The predicted octanol–water partition coefficient (Wildman–Crippen LogP) is 5.20. The summed E-state index contributed by atoms with van der Waals surface area (Å²) in [5.74, 6) is -0.409. The lowest BCUT2D eigenvalue weighted by Gasteiger charge is -2.27. The molecule has 3 aromatic rings. The van der Waals surface area contributed by atoms with Crippen LogP contribution in [0, 0.1) is 6.92 Å². The second-order valence-electron chi connectivity index (χ2n) is 7.88. The van der Waals surface area contributed by atoms with E-state index >= 15 is 0 Å². The second kappa shape index (κ2) is 9.47. The maximum absolute atomic E-state index is 13.2. The summed E-state index contributed by atoms with van der Waals surface area (Å²) in [7, 11) is 1.54. The number of rotatable bonds is 7. The molecule has 0 unspecified atom stereocenters. The van der Waals surface area contributed by atoms with Gasteiger partial charge in [-0.15, -0.1) is 0 Å². The first-order chi connectivity index (χ1) is 14.8. The molecule has 0 saturated heterocycles. The molecule has 3 rings (SSSR count). The van der Waals surface area contributed by atoms with Crippen LogP contribution in [0.15, 0.2) is 78.9 Å². The number of esters is 1. The SMILES string of the molecule is COc1ccc(C)cc1NC(=O)[C@@H](OC(=O)C(C)(C)c1ccccc1)c1ccccc1. The van der Waals surface area contributed by atoms with Crippen molar-refractivity contribution in [3.63, 3.8) is 0 Å². The average molecular weight is 418 g/mol. The molecule has 0 aromatic heterocycles. The van der Waals surface area contributed by atoms with Gasteiger partial charge in [0.1, 0.15) is 5.75 Å². The van der Waals surface area contributed by atoms with Gasteiger partial charge < -0.3 is 14.8 Å². The standard InChI is InChI=1S/C26H27NO4/c1-18-15-16-22(30-4)21(17-18)27-24(28)23(19-11-7-5-8-12-19)31-25(29)26(2,3)20-13-9-6-10-14-20/h5-17,23H,1-4H3,(H,27,28)/t23-/m0/s1. The van der Waals surface area contributed by atoms with Gasteiger partial charge >= 0.3 is 5.97 Å². The van der Waals surface area contributed by atoms with Crippen molar-refractivity contribution in [1.82, 2.24) is 0 Å². The van der Waals surface area contributed by atoms with Crippen molar-refractivity contribution in [2.45, 2.75) is 32.3 Å². The predicted molar refractivity (Wildman–Crippen MR) is 121 cm³/mol. The van der Waals surface area contributed by atoms with E-state index in [1.807, 2.05) is 55.5 Å². The molecule has 0 fully saturated rings. The largest absolute Gasteiger partial charge is 0.495 e. The Morgan fingerprint density at radius 3 is 2.13 bits per heavy atom. The Labute approximate surface area is 183 Å². The fourth-order valence-electron chi connectivity index (χ4n) is 3.25. The first-order valence-electron chi connectivity index (χ1n) is 10.1. The van der Waals surface area contributed by atoms with Gasteiger partial charge in [-0.3, -0.25) is 9.59 Å². The Morgan fingerprint density at radius 1 is 0.903 bits per heavy atom. The molecule has 31 heavy (non-hydrogen) atoms. The van der Waals surface area contributed by atoms with E-state index in [4.69, 9.17) is 9.47 Å². The second-order valence-corrected chi connectivity index (χ2v) is 7.88. The van der Waals surface area contributed by atoms with E-state index < -0.39 is 23.4 Å². The van der Waals surface area contributed by atoms with E-state index in [2.05, 4.69) is 5.32 Å². The summed E-state index contributed by atoms with van der Waals surface area (Å²) in [5, 5.41) is 2.86. The van der Waals surface area contributed by atoms with E-state index in [1.165, 1.54) is 7.11 Å². The first-order valence-corrected chi connectivity index (χ1v) is 10.1. The number of nitrogens with one attached hydrogen (secondary N) is 1. The number of carbonyl (C=O) groups excluding carboxylic acids is 2. The van der Waals surface area contributed by atoms with Crippen molar-refractivity contribution < 1.29 is 19.1 Å². The van der Waals surface area contributed by atoms with Crippen LogP contribution in [0.3, 0.4) is 0 Å². The Hall–Kier alpha value is -3.60. The van der Waals surface area contributed by atoms with Crippen LogP contribution < -0.4 is 10.1 Å². The zero-order valence-corrected chi connectivity index (χ0v) is 18.2. The smallest absolute Gasteiger partial charge is 0.317 e. The van der Waals surface area contributed by atoms with Gasteiger partial charge in [0, 0.05) is 5.56 Å². The summed E-state index contributed by atoms with van der Waals surface area (Å²) in [5.41, 5.74) is 1.97. The number of carbonyl (C=O) groups is 2. The molecule has 0 aliphatic carbocycles. The highest BCUT2D eigenvalue weighted by Crippen LogP contribution is 2.31. The van der Waals surface area contributed by atoms with E-state index in [9.17, 15) is 9.59 Å². The third-order valence-corrected chi connectivity index (χ3v) is 5.18. The number of methoxy groups -OCH3 is 1. The van der Waals surface area contributed by atoms with E-state index in [-0.39, 0.29) is 0 Å². The topological polar surface area (TPSA) is 64.6 Å². The van der Waals surface area contributed by atoms with Crippen molar-refractivity contribution in [3.05, 3.63) is 95.6 Å². The third kappa shape index (κ3) is 5.12. The van der Waals surface area contributed by atoms with Crippen molar-refractivity contribution >= 4 is 17.6 Å². The maximum Gasteiger partial charge on any atom is 0.317 e. The molecule has 0 spiro atoms. The Balaban J connectivity index is 1.90. The van der Waals surface area contributed by atoms with Crippen LogP contribution in [0.25, 0.3) is 0 Å². The monoisotopic (exact) mass is 417 g/mol. The fraction of sp³-hybridized carbons (Fsp3) is 0.231. The number of anilines is 1. The number of hydrogen-bond acceptors (Lipinski definition) is 4. The highest BCUT2D eigenvalue weighted by atomic mass is 16.5. The summed E-state index contributed by atoms with van der Waals surface area (Å²) in [6.07, 6.45) is -1.11. The van der Waals surface area contributed by atoms with E-state index in [1.54, 1.807) is 44.2 Å². The van der Waals surface area contributed by atoms with Crippen LogP contribution in [0.1, 0.15) is 36.6 Å². The minimum Gasteiger partial charge on any atom is -0.495 e. The van der Waals surface area contributed by atoms with Crippen molar-refractivity contribution in [3.8, 4) is 5.75 Å². The lowest BCUT2D eigenvalue weighted by molar-refractivity contribution is -0.159. The van der Waals surface area contributed by atoms with Gasteiger partial charge in [0.05, 0.1) is 18.2 Å². The van der Waals surface area contributed by atoms with Crippen LogP contribution in [0.4, 0.5) is 5.69 Å². The van der Waals surface area contributed by atoms with Crippen LogP contribution in [0.2, 0.25) is 0 Å². The van der Waals surface area contributed by atoms with Gasteiger partial charge in [0.2, 0.25) is 6.10 Å². The summed E-state index contributed by atoms with van der Waals surface area (Å²) in [6, 6.07) is 23.8. The van der Waals surface area contributed by atoms with Gasteiger partial charge in [-0.1, -0.05) is 66.7 Å². The summed E-state index contributed by atoms with van der Waals surface area (Å²) in [4.78, 5) is 26.4. The number of hydrogen-bond donors (Lipinski definition) is 1. The molecule has 1 amide bonds. The molecular weight excluding hydrogens is 390 g/mol. The molecule has 1 atom stereocenters. The quantitative estimate of drug-likeness (QED) is 0.537. The molecule has 1 N–H and O–H groups in total. The highest BCUT2D eigenvalue weighted by molar-refractivity contribution is 5.98. The number of amides is 1. The average Bonchev–Trinajstić information content (AvgIpc) is 2.78. The normalized spacial score (nSPS) is 12.0. The van der Waals surface area contributed by atoms with Crippen molar-refractivity contribution in [2.75, 3.05) is 12.4 Å². The highest BCUT2D eigenvalue weighted by Gasteiger charge is 2.36. The van der Waals surface area contributed by atoms with E-state index in [0.29, 0.717) is 17.0 Å². The summed E-state index contributed by atoms with van der Waals surface area (Å²) < 4.78 is 11.2. The molecule has 0 heterocycles. The van der Waals surface area contributed by atoms with Crippen LogP contribution in [-0.2, 0) is 19.7 Å². The van der Waals surface area contributed by atoms with Gasteiger partial charge in [0.15, 0.2) is 0 Å². The molecule has 5 heteroatoms. The molecule has 0 radical (unpaired) electrons. The fourth-order valence-corrected chi connectivity index (χ4v) is 3.25. The van der Waals surface area contributed by atoms with Gasteiger partial charge in [0.25, 0.3) is 5.91 Å².